The molecular formula is C7H14INO2. The molecule has 1 fully saturated rings. The van der Waals surface area contributed by atoms with Gasteiger partial charge in [0.05, 0.1) is 13.6 Å². The Morgan fingerprint density at radius 2 is 2.36 bits per heavy atom. The van der Waals surface area contributed by atoms with E-state index in [0.717, 1.165) is 10.8 Å². The van der Waals surface area contributed by atoms with Crippen LogP contribution in [0.2, 0.25) is 0 Å². The molecule has 3 atom stereocenters. The van der Waals surface area contributed by atoms with E-state index in [4.69, 9.17) is 0 Å². The first-order valence-corrected chi connectivity index (χ1v) is 5.37. The van der Waals surface area contributed by atoms with Gasteiger partial charge in [-0.1, -0.05) is 22.6 Å². The van der Waals surface area contributed by atoms with E-state index < -0.39 is 0 Å². The van der Waals surface area contributed by atoms with E-state index in [9.17, 15) is 10.3 Å². The summed E-state index contributed by atoms with van der Waals surface area (Å²) < 4.78 is 0.688. The van der Waals surface area contributed by atoms with Crippen molar-refractivity contribution in [3.63, 3.8) is 0 Å². The number of piperidine rings is 1. The second-order valence-electron chi connectivity index (χ2n) is 3.47. The van der Waals surface area contributed by atoms with Crippen molar-refractivity contribution in [2.75, 3.05) is 24.6 Å². The first-order chi connectivity index (χ1) is 5.05. The number of aliphatic hydroxyl groups excluding tert-OH is 1. The molecule has 1 saturated heterocycles. The maximum Gasteiger partial charge on any atom is 0.107 e. The normalized spacial score (nSPS) is 45.8. The summed E-state index contributed by atoms with van der Waals surface area (Å²) in [6.45, 7) is 1.03. The van der Waals surface area contributed by atoms with Crippen LogP contribution < -0.4 is 0 Å². The van der Waals surface area contributed by atoms with Gasteiger partial charge in [0.2, 0.25) is 0 Å². The number of aliphatic hydroxyl groups is 1. The standard InChI is InChI=1S/C7H14INO2/c1-9(11)3-2-6(4-8)7(10)5-9/h6-7,10H,2-5H2,1H3/t6-,7+,9?/m1/s1. The van der Waals surface area contributed by atoms with Gasteiger partial charge >= 0.3 is 0 Å². The number of halogens is 1. The predicted octanol–water partition coefficient (Wildman–Crippen LogP) is 0.747. The minimum atomic E-state index is -0.386. The molecule has 11 heavy (non-hydrogen) atoms. The molecule has 1 aliphatic heterocycles. The van der Waals surface area contributed by atoms with Gasteiger partial charge in [0, 0.05) is 16.8 Å². The Balaban J connectivity index is 2.48. The van der Waals surface area contributed by atoms with Crippen LogP contribution >= 0.6 is 22.6 Å². The van der Waals surface area contributed by atoms with Crippen molar-refractivity contribution >= 4 is 22.6 Å². The predicted molar refractivity (Wildman–Crippen MR) is 52.3 cm³/mol. The van der Waals surface area contributed by atoms with E-state index in [1.807, 2.05) is 0 Å². The van der Waals surface area contributed by atoms with Crippen molar-refractivity contribution in [2.45, 2.75) is 12.5 Å². The number of hydroxylamine groups is 3. The fourth-order valence-corrected chi connectivity index (χ4v) is 2.47. The summed E-state index contributed by atoms with van der Waals surface area (Å²) in [4.78, 5) is 0. The van der Waals surface area contributed by atoms with Crippen LogP contribution in [0.4, 0.5) is 0 Å². The second-order valence-corrected chi connectivity index (χ2v) is 4.35. The van der Waals surface area contributed by atoms with E-state index in [0.29, 0.717) is 19.0 Å². The lowest BCUT2D eigenvalue weighted by molar-refractivity contribution is -0.870. The van der Waals surface area contributed by atoms with Crippen molar-refractivity contribution in [2.24, 2.45) is 5.92 Å². The lowest BCUT2D eigenvalue weighted by atomic mass is 9.96. The molecule has 0 spiro atoms. The Bertz CT molecular complexity index is 140. The molecule has 0 aromatic heterocycles. The first kappa shape index (κ1) is 9.70. The number of hydrogen-bond acceptors (Lipinski definition) is 2. The van der Waals surface area contributed by atoms with Crippen LogP contribution in [0, 0.1) is 11.1 Å². The third-order valence-corrected chi connectivity index (χ3v) is 3.42. The molecule has 1 unspecified atom stereocenters. The topological polar surface area (TPSA) is 43.3 Å². The van der Waals surface area contributed by atoms with Crippen LogP contribution in [-0.2, 0) is 0 Å². The molecule has 0 amide bonds. The van der Waals surface area contributed by atoms with Crippen molar-refractivity contribution < 1.29 is 9.75 Å². The number of alkyl halides is 1. The summed E-state index contributed by atoms with van der Waals surface area (Å²) in [6, 6.07) is 0. The van der Waals surface area contributed by atoms with Crippen LogP contribution in [0.3, 0.4) is 0 Å². The molecule has 4 heteroatoms. The number of nitrogens with zero attached hydrogens (tertiary/aromatic N) is 1. The van der Waals surface area contributed by atoms with E-state index in [2.05, 4.69) is 22.6 Å². The molecule has 1 aliphatic rings. The Morgan fingerprint density at radius 1 is 1.73 bits per heavy atom. The number of hydrogen-bond donors (Lipinski definition) is 1. The summed E-state index contributed by atoms with van der Waals surface area (Å²) in [7, 11) is 1.63. The molecule has 66 valence electrons. The van der Waals surface area contributed by atoms with E-state index in [-0.39, 0.29) is 10.8 Å². The third-order valence-electron chi connectivity index (χ3n) is 2.29. The van der Waals surface area contributed by atoms with Crippen LogP contribution in [-0.4, -0.2) is 40.4 Å². The molecule has 1 heterocycles. The monoisotopic (exact) mass is 271 g/mol. The number of likely N-dealkylation sites (tertiary alicyclic amines) is 1. The van der Waals surface area contributed by atoms with E-state index >= 15 is 0 Å². The lowest BCUT2D eigenvalue weighted by Crippen LogP contribution is -2.52. The summed E-state index contributed by atoms with van der Waals surface area (Å²) in [5.74, 6) is 0.343. The average molecular weight is 271 g/mol. The third kappa shape index (κ3) is 2.54. The number of quaternary nitrogens is 1. The molecule has 1 N–H and O–H groups in total. The Kier molecular flexibility index (Phi) is 3.13. The SMILES string of the molecule is C[N+]1([O-])CC[C@H](CI)[C@@H](O)C1. The maximum atomic E-state index is 11.4. The van der Waals surface area contributed by atoms with Crippen molar-refractivity contribution in [1.82, 2.24) is 0 Å². The van der Waals surface area contributed by atoms with Crippen molar-refractivity contribution in [1.29, 1.82) is 0 Å². The minimum Gasteiger partial charge on any atom is -0.633 e. The maximum absolute atomic E-state index is 11.4. The molecule has 3 nitrogen and oxygen atoms in total. The zero-order valence-electron chi connectivity index (χ0n) is 6.66. The van der Waals surface area contributed by atoms with Gasteiger partial charge in [0.25, 0.3) is 0 Å². The van der Waals surface area contributed by atoms with E-state index in [1.54, 1.807) is 7.05 Å². The van der Waals surface area contributed by atoms with Gasteiger partial charge in [-0.15, -0.1) is 0 Å². The first-order valence-electron chi connectivity index (χ1n) is 3.85. The van der Waals surface area contributed by atoms with Gasteiger partial charge in [-0.2, -0.15) is 0 Å². The van der Waals surface area contributed by atoms with Gasteiger partial charge < -0.3 is 15.0 Å². The Morgan fingerprint density at radius 3 is 2.82 bits per heavy atom. The van der Waals surface area contributed by atoms with Crippen LogP contribution in [0.5, 0.6) is 0 Å². The molecule has 0 aliphatic carbocycles. The molecule has 0 aromatic carbocycles. The van der Waals surface area contributed by atoms with Crippen LogP contribution in [0.25, 0.3) is 0 Å². The lowest BCUT2D eigenvalue weighted by Gasteiger charge is -2.45. The number of likely N-dealkylation sites (N-methyl/N-ethyl adjacent to an activating group) is 1. The largest absolute Gasteiger partial charge is 0.633 e. The molecule has 1 rings (SSSR count). The zero-order valence-corrected chi connectivity index (χ0v) is 8.82. The van der Waals surface area contributed by atoms with Crippen molar-refractivity contribution in [3.05, 3.63) is 5.21 Å². The number of rotatable bonds is 1. The smallest absolute Gasteiger partial charge is 0.107 e. The summed E-state index contributed by atoms with van der Waals surface area (Å²) in [5, 5.41) is 20.9. The van der Waals surface area contributed by atoms with Crippen molar-refractivity contribution in [3.8, 4) is 0 Å². The summed E-state index contributed by atoms with van der Waals surface area (Å²) in [5.41, 5.74) is 0. The minimum absolute atomic E-state index is 0.270. The van der Waals surface area contributed by atoms with Crippen LogP contribution in [0.15, 0.2) is 0 Å². The molecule has 0 bridgehead atoms. The van der Waals surface area contributed by atoms with Gasteiger partial charge in [-0.25, -0.2) is 0 Å². The summed E-state index contributed by atoms with van der Waals surface area (Å²) >= 11 is 2.26. The second kappa shape index (κ2) is 3.55. The summed E-state index contributed by atoms with van der Waals surface area (Å²) in [6.07, 6.45) is 0.479. The highest BCUT2D eigenvalue weighted by atomic mass is 127. The molecule has 0 radical (unpaired) electrons. The van der Waals surface area contributed by atoms with Gasteiger partial charge in [-0.05, 0) is 0 Å². The van der Waals surface area contributed by atoms with Gasteiger partial charge in [-0.3, -0.25) is 0 Å². The highest BCUT2D eigenvalue weighted by Gasteiger charge is 2.30. The Labute approximate surface area is 80.7 Å². The molecular weight excluding hydrogens is 257 g/mol. The van der Waals surface area contributed by atoms with Crippen LogP contribution in [0.1, 0.15) is 6.42 Å². The highest BCUT2D eigenvalue weighted by Crippen LogP contribution is 2.22. The highest BCUT2D eigenvalue weighted by molar-refractivity contribution is 14.1. The Hall–Kier alpha value is 0.610. The zero-order chi connectivity index (χ0) is 8.48. The molecule has 0 aromatic rings. The quantitative estimate of drug-likeness (QED) is 0.331. The van der Waals surface area contributed by atoms with Gasteiger partial charge in [0.15, 0.2) is 0 Å². The fraction of sp³-hybridized carbons (Fsp3) is 1.00. The van der Waals surface area contributed by atoms with Gasteiger partial charge in [0.1, 0.15) is 12.6 Å². The molecule has 0 saturated carbocycles. The fourth-order valence-electron chi connectivity index (χ4n) is 1.45. The van der Waals surface area contributed by atoms with E-state index in [1.165, 1.54) is 0 Å². The average Bonchev–Trinajstić information content (AvgIpc) is 1.86.